The molecule has 1 aromatic carbocycles. The summed E-state index contributed by atoms with van der Waals surface area (Å²) in [6.45, 7) is 4.18. The van der Waals surface area contributed by atoms with Gasteiger partial charge in [0, 0.05) is 22.4 Å². The molecule has 108 valence electrons. The zero-order valence-corrected chi connectivity index (χ0v) is 15.5. The fourth-order valence-corrected chi connectivity index (χ4v) is 5.32. The molecule has 0 aliphatic carbocycles. The molecule has 1 rings (SSSR count). The normalized spacial score (nSPS) is 12.4. The molecule has 0 bridgehead atoms. The van der Waals surface area contributed by atoms with Crippen molar-refractivity contribution in [1.82, 2.24) is 4.31 Å². The molecule has 0 saturated heterocycles. The van der Waals surface area contributed by atoms with E-state index in [1.807, 2.05) is 13.8 Å². The number of alkyl halides is 1. The number of hydrogen-bond donors (Lipinski definition) is 0. The van der Waals surface area contributed by atoms with Crippen molar-refractivity contribution in [2.24, 2.45) is 0 Å². The number of hydrogen-bond acceptors (Lipinski definition) is 2. The second-order valence-electron chi connectivity index (χ2n) is 4.30. The maximum absolute atomic E-state index is 12.7. The van der Waals surface area contributed by atoms with Gasteiger partial charge in [-0.2, -0.15) is 4.31 Å². The third-order valence-corrected chi connectivity index (χ3v) is 6.66. The summed E-state index contributed by atoms with van der Waals surface area (Å²) in [6.07, 6.45) is 0.749. The third kappa shape index (κ3) is 4.17. The van der Waals surface area contributed by atoms with E-state index in [9.17, 15) is 8.42 Å². The molecule has 0 heterocycles. The number of benzene rings is 1. The summed E-state index contributed by atoms with van der Waals surface area (Å²) in [6, 6.07) is 4.86. The van der Waals surface area contributed by atoms with E-state index in [0.29, 0.717) is 11.0 Å². The van der Waals surface area contributed by atoms with Gasteiger partial charge >= 0.3 is 0 Å². The molecule has 0 saturated carbocycles. The zero-order valence-electron chi connectivity index (χ0n) is 10.7. The molecule has 19 heavy (non-hydrogen) atoms. The molecule has 0 N–H and O–H groups in total. The summed E-state index contributed by atoms with van der Waals surface area (Å²) in [5.41, 5.74) is 0. The standard InChI is InChI=1S/C12H16Br2ClNO2S/c1-9(2)16(8-4-7-13)19(17,18)12-10(14)5-3-6-11(12)15/h3,5-6,9H,4,7-8H2,1-2H3. The fourth-order valence-electron chi connectivity index (χ4n) is 1.72. The summed E-state index contributed by atoms with van der Waals surface area (Å²) < 4.78 is 27.4. The predicted molar refractivity (Wildman–Crippen MR) is 86.6 cm³/mol. The van der Waals surface area contributed by atoms with Crippen LogP contribution < -0.4 is 0 Å². The quantitative estimate of drug-likeness (QED) is 0.628. The molecule has 0 atom stereocenters. The Hall–Kier alpha value is 0.380. The summed E-state index contributed by atoms with van der Waals surface area (Å²) in [5.74, 6) is 0. The van der Waals surface area contributed by atoms with Crippen molar-refractivity contribution in [3.05, 3.63) is 27.7 Å². The number of halogens is 3. The van der Waals surface area contributed by atoms with Gasteiger partial charge in [0.1, 0.15) is 4.90 Å². The second kappa shape index (κ2) is 7.41. The minimum Gasteiger partial charge on any atom is -0.207 e. The molecule has 7 heteroatoms. The molecule has 0 spiro atoms. The van der Waals surface area contributed by atoms with Crippen LogP contribution in [0.5, 0.6) is 0 Å². The van der Waals surface area contributed by atoms with Gasteiger partial charge in [0.15, 0.2) is 0 Å². The summed E-state index contributed by atoms with van der Waals surface area (Å²) in [4.78, 5) is 0.139. The minimum atomic E-state index is -3.60. The Bertz CT molecular complexity index is 514. The lowest BCUT2D eigenvalue weighted by atomic mass is 10.3. The van der Waals surface area contributed by atoms with E-state index in [-0.39, 0.29) is 16.0 Å². The average molecular weight is 434 g/mol. The lowest BCUT2D eigenvalue weighted by Crippen LogP contribution is -2.38. The third-order valence-electron chi connectivity index (χ3n) is 2.57. The first kappa shape index (κ1) is 17.4. The van der Waals surface area contributed by atoms with Crippen LogP contribution in [0.2, 0.25) is 5.02 Å². The Morgan fingerprint density at radius 3 is 2.47 bits per heavy atom. The molecule has 0 radical (unpaired) electrons. The molecule has 0 aliphatic rings. The van der Waals surface area contributed by atoms with E-state index in [1.165, 1.54) is 4.31 Å². The predicted octanol–water partition coefficient (Wildman–Crippen LogP) is 4.29. The molecule has 0 fully saturated rings. The summed E-state index contributed by atoms with van der Waals surface area (Å²) >= 11 is 12.6. The number of rotatable bonds is 6. The molecule has 0 amide bonds. The van der Waals surface area contributed by atoms with Gasteiger partial charge < -0.3 is 0 Å². The molecular formula is C12H16Br2ClNO2S. The molecule has 0 aromatic heterocycles. The average Bonchev–Trinajstić information content (AvgIpc) is 2.27. The van der Waals surface area contributed by atoms with Gasteiger partial charge in [0.25, 0.3) is 0 Å². The topological polar surface area (TPSA) is 37.4 Å². The van der Waals surface area contributed by atoms with Crippen LogP contribution in [-0.4, -0.2) is 30.6 Å². The van der Waals surface area contributed by atoms with Gasteiger partial charge in [-0.3, -0.25) is 0 Å². The highest BCUT2D eigenvalue weighted by atomic mass is 79.9. The van der Waals surface area contributed by atoms with Crippen molar-refractivity contribution < 1.29 is 8.42 Å². The van der Waals surface area contributed by atoms with Gasteiger partial charge in [-0.1, -0.05) is 33.6 Å². The first-order valence-electron chi connectivity index (χ1n) is 5.84. The van der Waals surface area contributed by atoms with Crippen molar-refractivity contribution in [3.63, 3.8) is 0 Å². The van der Waals surface area contributed by atoms with Gasteiger partial charge in [0.05, 0.1) is 5.02 Å². The van der Waals surface area contributed by atoms with Crippen LogP contribution in [0.15, 0.2) is 27.6 Å². The smallest absolute Gasteiger partial charge is 0.207 e. The Balaban J connectivity index is 3.27. The van der Waals surface area contributed by atoms with E-state index in [1.54, 1.807) is 18.2 Å². The Morgan fingerprint density at radius 2 is 2.00 bits per heavy atom. The maximum Gasteiger partial charge on any atom is 0.245 e. The van der Waals surface area contributed by atoms with Crippen LogP contribution in [0.1, 0.15) is 20.3 Å². The first-order chi connectivity index (χ1) is 8.82. The van der Waals surface area contributed by atoms with Crippen LogP contribution in [0.25, 0.3) is 0 Å². The van der Waals surface area contributed by atoms with E-state index < -0.39 is 10.0 Å². The number of sulfonamides is 1. The maximum atomic E-state index is 12.7. The van der Waals surface area contributed by atoms with Crippen molar-refractivity contribution in [2.45, 2.75) is 31.2 Å². The molecular weight excluding hydrogens is 417 g/mol. The van der Waals surface area contributed by atoms with Gasteiger partial charge in [-0.15, -0.1) is 0 Å². The Labute approximate surface area is 136 Å². The highest BCUT2D eigenvalue weighted by Gasteiger charge is 2.30. The van der Waals surface area contributed by atoms with E-state index in [4.69, 9.17) is 11.6 Å². The minimum absolute atomic E-state index is 0.118. The van der Waals surface area contributed by atoms with Crippen LogP contribution >= 0.6 is 43.5 Å². The van der Waals surface area contributed by atoms with Gasteiger partial charge in [-0.05, 0) is 48.3 Å². The highest BCUT2D eigenvalue weighted by molar-refractivity contribution is 9.10. The largest absolute Gasteiger partial charge is 0.245 e. The van der Waals surface area contributed by atoms with E-state index >= 15 is 0 Å². The molecule has 0 unspecified atom stereocenters. The Kier molecular flexibility index (Phi) is 6.79. The summed E-state index contributed by atoms with van der Waals surface area (Å²) in [7, 11) is -3.60. The van der Waals surface area contributed by atoms with Crippen LogP contribution in [0, 0.1) is 0 Å². The van der Waals surface area contributed by atoms with E-state index in [0.717, 1.165) is 11.8 Å². The SMILES string of the molecule is CC(C)N(CCCBr)S(=O)(=O)c1c(Cl)cccc1Br. The van der Waals surface area contributed by atoms with Crippen LogP contribution in [-0.2, 0) is 10.0 Å². The fraction of sp³-hybridized carbons (Fsp3) is 0.500. The molecule has 3 nitrogen and oxygen atoms in total. The second-order valence-corrected chi connectivity index (χ2v) is 8.18. The van der Waals surface area contributed by atoms with Gasteiger partial charge in [0.2, 0.25) is 10.0 Å². The molecule has 0 aliphatic heterocycles. The van der Waals surface area contributed by atoms with Crippen molar-refractivity contribution in [3.8, 4) is 0 Å². The summed E-state index contributed by atoms with van der Waals surface area (Å²) in [5, 5.41) is 0.994. The van der Waals surface area contributed by atoms with Crippen LogP contribution in [0.4, 0.5) is 0 Å². The monoisotopic (exact) mass is 431 g/mol. The van der Waals surface area contributed by atoms with Crippen molar-refractivity contribution in [2.75, 3.05) is 11.9 Å². The Morgan fingerprint density at radius 1 is 1.37 bits per heavy atom. The lowest BCUT2D eigenvalue weighted by molar-refractivity contribution is 0.355. The zero-order chi connectivity index (χ0) is 14.6. The van der Waals surface area contributed by atoms with Crippen molar-refractivity contribution >= 4 is 53.5 Å². The highest BCUT2D eigenvalue weighted by Crippen LogP contribution is 2.32. The van der Waals surface area contributed by atoms with Crippen LogP contribution in [0.3, 0.4) is 0 Å². The molecule has 1 aromatic rings. The van der Waals surface area contributed by atoms with Gasteiger partial charge in [-0.25, -0.2) is 8.42 Å². The van der Waals surface area contributed by atoms with E-state index in [2.05, 4.69) is 31.9 Å². The number of nitrogens with zero attached hydrogens (tertiary/aromatic N) is 1. The first-order valence-corrected chi connectivity index (χ1v) is 9.57. The van der Waals surface area contributed by atoms with Crippen molar-refractivity contribution in [1.29, 1.82) is 0 Å². The lowest BCUT2D eigenvalue weighted by Gasteiger charge is -2.26.